The normalized spacial score (nSPS) is 18.5. The second-order valence-corrected chi connectivity index (χ2v) is 19.2. The summed E-state index contributed by atoms with van der Waals surface area (Å²) in [6.07, 6.45) is 2.43. The fourth-order valence-corrected chi connectivity index (χ4v) is 11.0. The molecule has 2 atom stereocenters. The van der Waals surface area contributed by atoms with E-state index in [9.17, 15) is 0 Å². The minimum atomic E-state index is 0.0697. The molecule has 0 saturated heterocycles. The Kier molecular flexibility index (Phi) is 7.67. The van der Waals surface area contributed by atoms with Gasteiger partial charge in [-0.3, -0.25) is 0 Å². The zero-order chi connectivity index (χ0) is 35.5. The van der Waals surface area contributed by atoms with Crippen molar-refractivity contribution in [3.05, 3.63) is 135 Å². The number of benzene rings is 5. The van der Waals surface area contributed by atoms with Gasteiger partial charge in [-0.1, -0.05) is 169 Å². The van der Waals surface area contributed by atoms with E-state index in [0.717, 1.165) is 0 Å². The SMILES string of the molecule is Cc1cc(C)c2c(c1)C(C)c1ccc(C(C)(C)C)cc1B2c1cc2c(cc1C(C)c1cccc3c1sc1ccccc13)C(C)(C)CCC2(C)C. The number of rotatable bonds is 3. The molecule has 0 nitrogen and oxygen atoms in total. The summed E-state index contributed by atoms with van der Waals surface area (Å²) in [4.78, 5) is 0. The maximum absolute atomic E-state index is 2.71. The van der Waals surface area contributed by atoms with Crippen LogP contribution in [0.4, 0.5) is 0 Å². The van der Waals surface area contributed by atoms with E-state index in [2.05, 4.69) is 161 Å². The van der Waals surface area contributed by atoms with E-state index in [-0.39, 0.29) is 28.9 Å². The van der Waals surface area contributed by atoms with E-state index in [4.69, 9.17) is 0 Å². The lowest BCUT2D eigenvalue weighted by Gasteiger charge is -2.44. The van der Waals surface area contributed by atoms with Crippen molar-refractivity contribution in [2.45, 2.75) is 117 Å². The average Bonchev–Trinajstić information content (AvgIpc) is 3.45. The first kappa shape index (κ1) is 33.5. The molecule has 0 saturated carbocycles. The summed E-state index contributed by atoms with van der Waals surface area (Å²) in [7, 11) is 0. The van der Waals surface area contributed by atoms with Gasteiger partial charge in [0.25, 0.3) is 0 Å². The maximum Gasteiger partial charge on any atom is 0.242 e. The first-order chi connectivity index (χ1) is 23.6. The van der Waals surface area contributed by atoms with Crippen molar-refractivity contribution in [1.29, 1.82) is 0 Å². The number of hydrogen-bond donors (Lipinski definition) is 0. The van der Waals surface area contributed by atoms with Gasteiger partial charge in [-0.15, -0.1) is 11.3 Å². The molecule has 254 valence electrons. The van der Waals surface area contributed by atoms with E-state index in [0.29, 0.717) is 5.92 Å². The zero-order valence-corrected chi connectivity index (χ0v) is 33.0. The van der Waals surface area contributed by atoms with Crippen LogP contribution in [0.5, 0.6) is 0 Å². The van der Waals surface area contributed by atoms with E-state index in [1.54, 1.807) is 11.1 Å². The molecule has 0 N–H and O–H groups in total. The number of fused-ring (bicyclic) bond motifs is 6. The second-order valence-electron chi connectivity index (χ2n) is 18.2. The largest absolute Gasteiger partial charge is 0.242 e. The highest BCUT2D eigenvalue weighted by Gasteiger charge is 2.42. The summed E-state index contributed by atoms with van der Waals surface area (Å²) >= 11 is 1.97. The number of thiophene rings is 1. The highest BCUT2D eigenvalue weighted by molar-refractivity contribution is 7.26. The first-order valence-corrected chi connectivity index (χ1v) is 19.7. The van der Waals surface area contributed by atoms with Crippen molar-refractivity contribution in [2.75, 3.05) is 0 Å². The lowest BCUT2D eigenvalue weighted by molar-refractivity contribution is 0.332. The standard InChI is InChI=1S/C48H53BS/c1-28-23-29(2)44-38(24-28)30(3)33-20-19-32(46(5,6)7)25-41(33)49(44)42-27-40-39(47(8,9)21-22-48(40,10)11)26-37(42)31(4)34-16-14-17-36-35-15-12-13-18-43(35)50-45(34)36/h12-20,23-27,30-31H,21-22H2,1-11H3. The van der Waals surface area contributed by atoms with Gasteiger partial charge in [0.1, 0.15) is 0 Å². The Bertz CT molecular complexity index is 2320. The van der Waals surface area contributed by atoms with E-state index < -0.39 is 0 Å². The summed E-state index contributed by atoms with van der Waals surface area (Å²) in [5, 5.41) is 2.76. The molecule has 2 unspecified atom stereocenters. The van der Waals surface area contributed by atoms with Crippen LogP contribution < -0.4 is 16.4 Å². The van der Waals surface area contributed by atoms with E-state index in [1.807, 2.05) is 11.3 Å². The van der Waals surface area contributed by atoms with Gasteiger partial charge in [0.15, 0.2) is 0 Å². The summed E-state index contributed by atoms with van der Waals surface area (Å²) in [5.41, 5.74) is 18.1. The summed E-state index contributed by atoms with van der Waals surface area (Å²) < 4.78 is 2.81. The second kappa shape index (κ2) is 11.4. The van der Waals surface area contributed by atoms with Crippen LogP contribution in [0.1, 0.15) is 137 Å². The summed E-state index contributed by atoms with van der Waals surface area (Å²) in [6.45, 7) is 26.8. The fraction of sp³-hybridized carbons (Fsp3) is 0.375. The van der Waals surface area contributed by atoms with Gasteiger partial charge in [-0.05, 0) is 87.9 Å². The van der Waals surface area contributed by atoms with Crippen LogP contribution in [0.15, 0.2) is 84.9 Å². The van der Waals surface area contributed by atoms with Crippen LogP contribution >= 0.6 is 11.3 Å². The molecule has 0 fully saturated rings. The minimum absolute atomic E-state index is 0.0697. The van der Waals surface area contributed by atoms with Crippen molar-refractivity contribution in [3.8, 4) is 0 Å². The molecule has 1 aromatic heterocycles. The van der Waals surface area contributed by atoms with Crippen LogP contribution in [0, 0.1) is 13.8 Å². The monoisotopic (exact) mass is 672 g/mol. The molecule has 5 aromatic carbocycles. The third kappa shape index (κ3) is 5.15. The lowest BCUT2D eigenvalue weighted by Crippen LogP contribution is -2.60. The summed E-state index contributed by atoms with van der Waals surface area (Å²) in [5.74, 6) is 0.584. The molecular weight excluding hydrogens is 619 g/mol. The Balaban J connectivity index is 1.48. The van der Waals surface area contributed by atoms with Crippen molar-refractivity contribution >= 4 is 54.6 Å². The highest BCUT2D eigenvalue weighted by atomic mass is 32.1. The Hall–Kier alpha value is -3.62. The van der Waals surface area contributed by atoms with Crippen LogP contribution in [-0.2, 0) is 16.2 Å². The molecule has 8 rings (SSSR count). The third-order valence-corrected chi connectivity index (χ3v) is 14.0. The van der Waals surface area contributed by atoms with Crippen LogP contribution in [0.2, 0.25) is 0 Å². The van der Waals surface area contributed by atoms with Gasteiger partial charge in [0.2, 0.25) is 6.71 Å². The molecule has 2 heterocycles. The average molecular weight is 673 g/mol. The molecule has 0 spiro atoms. The van der Waals surface area contributed by atoms with Gasteiger partial charge in [-0.2, -0.15) is 0 Å². The molecule has 6 aromatic rings. The molecular formula is C48H53BS. The van der Waals surface area contributed by atoms with Crippen molar-refractivity contribution in [3.63, 3.8) is 0 Å². The highest BCUT2D eigenvalue weighted by Crippen LogP contribution is 2.48. The molecule has 0 radical (unpaired) electrons. The molecule has 50 heavy (non-hydrogen) atoms. The number of aryl methyl sites for hydroxylation is 2. The first-order valence-electron chi connectivity index (χ1n) is 18.9. The van der Waals surface area contributed by atoms with Crippen LogP contribution in [-0.4, -0.2) is 6.71 Å². The Morgan fingerprint density at radius 3 is 2.12 bits per heavy atom. The molecule has 0 amide bonds. The van der Waals surface area contributed by atoms with Gasteiger partial charge in [0, 0.05) is 32.0 Å². The summed E-state index contributed by atoms with van der Waals surface area (Å²) in [6, 6.07) is 33.8. The predicted octanol–water partition coefficient (Wildman–Crippen LogP) is 11.5. The van der Waals surface area contributed by atoms with E-state index >= 15 is 0 Å². The van der Waals surface area contributed by atoms with Crippen molar-refractivity contribution < 1.29 is 0 Å². The van der Waals surface area contributed by atoms with Crippen molar-refractivity contribution in [1.82, 2.24) is 0 Å². The molecule has 1 aliphatic carbocycles. The van der Waals surface area contributed by atoms with E-state index in [1.165, 1.54) is 88.3 Å². The van der Waals surface area contributed by atoms with Gasteiger partial charge in [-0.25, -0.2) is 0 Å². The van der Waals surface area contributed by atoms with Gasteiger partial charge in [0.05, 0.1) is 0 Å². The van der Waals surface area contributed by atoms with Crippen LogP contribution in [0.25, 0.3) is 20.2 Å². The Morgan fingerprint density at radius 1 is 0.720 bits per heavy atom. The zero-order valence-electron chi connectivity index (χ0n) is 32.1. The quantitative estimate of drug-likeness (QED) is 0.164. The topological polar surface area (TPSA) is 0 Å². The third-order valence-electron chi connectivity index (χ3n) is 12.8. The molecule has 1 aliphatic heterocycles. The smallest absolute Gasteiger partial charge is 0.135 e. The number of hydrogen-bond acceptors (Lipinski definition) is 1. The Labute approximate surface area is 305 Å². The molecule has 2 aliphatic rings. The minimum Gasteiger partial charge on any atom is -0.135 e. The van der Waals surface area contributed by atoms with Crippen LogP contribution in [0.3, 0.4) is 0 Å². The Morgan fingerprint density at radius 2 is 1.40 bits per heavy atom. The van der Waals surface area contributed by atoms with Crippen molar-refractivity contribution in [2.24, 2.45) is 0 Å². The molecule has 2 heteroatoms. The van der Waals surface area contributed by atoms with Gasteiger partial charge >= 0.3 is 0 Å². The maximum atomic E-state index is 2.71. The molecule has 0 bridgehead atoms. The van der Waals surface area contributed by atoms with Gasteiger partial charge < -0.3 is 0 Å². The predicted molar refractivity (Wildman–Crippen MR) is 222 cm³/mol. The lowest BCUT2D eigenvalue weighted by atomic mass is 9.31. The fourth-order valence-electron chi connectivity index (χ4n) is 9.65.